The summed E-state index contributed by atoms with van der Waals surface area (Å²) in [5.41, 5.74) is 1.50. The fourth-order valence-corrected chi connectivity index (χ4v) is 2.17. The number of methoxy groups -OCH3 is 1. The number of hydrogen-bond donors (Lipinski definition) is 0. The van der Waals surface area contributed by atoms with Crippen molar-refractivity contribution in [3.63, 3.8) is 0 Å². The highest BCUT2D eigenvalue weighted by Crippen LogP contribution is 2.21. The summed E-state index contributed by atoms with van der Waals surface area (Å²) in [5.74, 6) is -0.334. The van der Waals surface area contributed by atoms with E-state index in [-0.39, 0.29) is 18.7 Å². The summed E-state index contributed by atoms with van der Waals surface area (Å²) in [5, 5.41) is 2.24. The van der Waals surface area contributed by atoms with E-state index < -0.39 is 0 Å². The molecule has 0 aliphatic heterocycles. The van der Waals surface area contributed by atoms with Gasteiger partial charge >= 0.3 is 5.97 Å². The molecule has 0 aromatic heterocycles. The molecule has 0 atom stereocenters. The molecule has 110 valence electrons. The molecule has 0 saturated carbocycles. The SMILES string of the molecule is COCC(=Cc1cccc2ccccc12)C(=O)OC(C)C. The first-order valence-electron chi connectivity index (χ1n) is 7.00. The standard InChI is InChI=1S/C18H20O3/c1-13(2)21-18(19)16(12-20-3)11-15-9-6-8-14-7-4-5-10-17(14)15/h4-11,13H,12H2,1-3H3. The Kier molecular flexibility index (Phi) is 5.12. The number of benzene rings is 2. The molecule has 0 fully saturated rings. The molecule has 3 heteroatoms. The Bertz CT molecular complexity index is 651. The van der Waals surface area contributed by atoms with Gasteiger partial charge in [0.1, 0.15) is 0 Å². The molecule has 0 aliphatic rings. The van der Waals surface area contributed by atoms with E-state index in [0.717, 1.165) is 16.3 Å². The van der Waals surface area contributed by atoms with Gasteiger partial charge in [-0.3, -0.25) is 0 Å². The van der Waals surface area contributed by atoms with Crippen molar-refractivity contribution in [3.8, 4) is 0 Å². The van der Waals surface area contributed by atoms with Crippen LogP contribution >= 0.6 is 0 Å². The van der Waals surface area contributed by atoms with E-state index in [2.05, 4.69) is 12.1 Å². The lowest BCUT2D eigenvalue weighted by molar-refractivity contribution is -0.143. The molecule has 0 heterocycles. The number of fused-ring (bicyclic) bond motifs is 1. The second-order valence-corrected chi connectivity index (χ2v) is 5.13. The molecule has 0 amide bonds. The number of ether oxygens (including phenoxy) is 2. The fraction of sp³-hybridized carbons (Fsp3) is 0.278. The third-order valence-electron chi connectivity index (χ3n) is 3.06. The van der Waals surface area contributed by atoms with Crippen LogP contribution in [0.2, 0.25) is 0 Å². The van der Waals surface area contributed by atoms with E-state index in [1.54, 1.807) is 7.11 Å². The molecule has 3 nitrogen and oxygen atoms in total. The zero-order valence-electron chi connectivity index (χ0n) is 12.6. The average Bonchev–Trinajstić information content (AvgIpc) is 2.46. The highest BCUT2D eigenvalue weighted by atomic mass is 16.5. The van der Waals surface area contributed by atoms with Crippen molar-refractivity contribution in [2.75, 3.05) is 13.7 Å². The van der Waals surface area contributed by atoms with Crippen LogP contribution in [-0.2, 0) is 14.3 Å². The van der Waals surface area contributed by atoms with Crippen molar-refractivity contribution in [1.29, 1.82) is 0 Å². The summed E-state index contributed by atoms with van der Waals surface area (Å²) in [6.45, 7) is 3.90. The normalized spacial score (nSPS) is 11.9. The van der Waals surface area contributed by atoms with Gasteiger partial charge in [0.05, 0.1) is 18.3 Å². The molecule has 2 rings (SSSR count). The lowest BCUT2D eigenvalue weighted by Gasteiger charge is -2.11. The number of carbonyl (C=O) groups excluding carboxylic acids is 1. The van der Waals surface area contributed by atoms with Gasteiger partial charge in [-0.25, -0.2) is 4.79 Å². The third kappa shape index (κ3) is 3.92. The van der Waals surface area contributed by atoms with Gasteiger partial charge in [-0.05, 0) is 36.3 Å². The van der Waals surface area contributed by atoms with E-state index in [9.17, 15) is 4.79 Å². The van der Waals surface area contributed by atoms with Crippen molar-refractivity contribution in [3.05, 3.63) is 53.6 Å². The molecule has 0 aliphatic carbocycles. The van der Waals surface area contributed by atoms with Gasteiger partial charge in [-0.2, -0.15) is 0 Å². The minimum absolute atomic E-state index is 0.148. The second kappa shape index (κ2) is 7.04. The van der Waals surface area contributed by atoms with Crippen molar-refractivity contribution in [1.82, 2.24) is 0 Å². The molecule has 0 spiro atoms. The lowest BCUT2D eigenvalue weighted by Crippen LogP contribution is -2.16. The predicted octanol–water partition coefficient (Wildman–Crippen LogP) is 3.82. The van der Waals surface area contributed by atoms with Gasteiger partial charge in [-0.1, -0.05) is 42.5 Å². The maximum Gasteiger partial charge on any atom is 0.336 e. The van der Waals surface area contributed by atoms with Gasteiger partial charge in [0.25, 0.3) is 0 Å². The van der Waals surface area contributed by atoms with Crippen molar-refractivity contribution >= 4 is 22.8 Å². The number of rotatable bonds is 5. The summed E-state index contributed by atoms with van der Waals surface area (Å²) < 4.78 is 10.4. The summed E-state index contributed by atoms with van der Waals surface area (Å²) in [4.78, 5) is 12.1. The largest absolute Gasteiger partial charge is 0.460 e. The fourth-order valence-electron chi connectivity index (χ4n) is 2.17. The van der Waals surface area contributed by atoms with E-state index in [1.807, 2.05) is 50.3 Å². The zero-order valence-corrected chi connectivity index (χ0v) is 12.6. The van der Waals surface area contributed by atoms with Crippen LogP contribution in [0.15, 0.2) is 48.0 Å². The molecule has 0 N–H and O–H groups in total. The first-order chi connectivity index (χ1) is 10.1. The highest BCUT2D eigenvalue weighted by Gasteiger charge is 2.13. The summed E-state index contributed by atoms with van der Waals surface area (Å²) in [6.07, 6.45) is 1.70. The number of hydrogen-bond acceptors (Lipinski definition) is 3. The van der Waals surface area contributed by atoms with Crippen molar-refractivity contribution in [2.45, 2.75) is 20.0 Å². The Labute approximate surface area is 125 Å². The minimum Gasteiger partial charge on any atom is -0.460 e. The summed E-state index contributed by atoms with van der Waals surface area (Å²) in [7, 11) is 1.57. The van der Waals surface area contributed by atoms with Crippen LogP contribution in [0.4, 0.5) is 0 Å². The van der Waals surface area contributed by atoms with Crippen molar-refractivity contribution < 1.29 is 14.3 Å². The molecule has 0 bridgehead atoms. The third-order valence-corrected chi connectivity index (χ3v) is 3.06. The Hall–Kier alpha value is -2.13. The zero-order chi connectivity index (χ0) is 15.2. The molecule has 2 aromatic carbocycles. The topological polar surface area (TPSA) is 35.5 Å². The van der Waals surface area contributed by atoms with Crippen LogP contribution in [-0.4, -0.2) is 25.8 Å². The quantitative estimate of drug-likeness (QED) is 0.618. The molecule has 21 heavy (non-hydrogen) atoms. The molecular weight excluding hydrogens is 264 g/mol. The maximum atomic E-state index is 12.1. The van der Waals surface area contributed by atoms with Gasteiger partial charge in [0.2, 0.25) is 0 Å². The maximum absolute atomic E-state index is 12.1. The van der Waals surface area contributed by atoms with Gasteiger partial charge in [-0.15, -0.1) is 0 Å². The Balaban J connectivity index is 2.42. The van der Waals surface area contributed by atoms with Crippen LogP contribution in [0.1, 0.15) is 19.4 Å². The first kappa shape index (κ1) is 15.3. The summed E-state index contributed by atoms with van der Waals surface area (Å²) in [6, 6.07) is 14.1. The average molecular weight is 284 g/mol. The molecule has 0 unspecified atom stereocenters. The lowest BCUT2D eigenvalue weighted by atomic mass is 10.0. The van der Waals surface area contributed by atoms with Crippen molar-refractivity contribution in [2.24, 2.45) is 0 Å². The predicted molar refractivity (Wildman–Crippen MR) is 85.0 cm³/mol. The Morgan fingerprint density at radius 2 is 1.86 bits per heavy atom. The molecule has 2 aromatic rings. The van der Waals surface area contributed by atoms with E-state index in [1.165, 1.54) is 0 Å². The number of carbonyl (C=O) groups is 1. The van der Waals surface area contributed by atoms with Gasteiger partial charge in [0, 0.05) is 7.11 Å². The summed E-state index contributed by atoms with van der Waals surface area (Å²) >= 11 is 0. The van der Waals surface area contributed by atoms with E-state index in [4.69, 9.17) is 9.47 Å². The Morgan fingerprint density at radius 3 is 2.57 bits per heavy atom. The molecular formula is C18H20O3. The molecule has 0 radical (unpaired) electrons. The smallest absolute Gasteiger partial charge is 0.336 e. The first-order valence-corrected chi connectivity index (χ1v) is 7.00. The van der Waals surface area contributed by atoms with Crippen LogP contribution in [0, 0.1) is 0 Å². The van der Waals surface area contributed by atoms with E-state index in [0.29, 0.717) is 5.57 Å². The Morgan fingerprint density at radius 1 is 1.14 bits per heavy atom. The van der Waals surface area contributed by atoms with Crippen LogP contribution in [0.5, 0.6) is 0 Å². The van der Waals surface area contributed by atoms with Gasteiger partial charge < -0.3 is 9.47 Å². The number of esters is 1. The second-order valence-electron chi connectivity index (χ2n) is 5.13. The molecule has 0 saturated heterocycles. The van der Waals surface area contributed by atoms with Crippen LogP contribution in [0.3, 0.4) is 0 Å². The van der Waals surface area contributed by atoms with Crippen LogP contribution in [0.25, 0.3) is 16.8 Å². The van der Waals surface area contributed by atoms with E-state index >= 15 is 0 Å². The monoisotopic (exact) mass is 284 g/mol. The minimum atomic E-state index is -0.334. The van der Waals surface area contributed by atoms with Crippen LogP contribution < -0.4 is 0 Å². The highest BCUT2D eigenvalue weighted by molar-refractivity contribution is 5.98. The van der Waals surface area contributed by atoms with Gasteiger partial charge in [0.15, 0.2) is 0 Å².